The van der Waals surface area contributed by atoms with Gasteiger partial charge in [0.25, 0.3) is 0 Å². The lowest BCUT2D eigenvalue weighted by Gasteiger charge is -2.15. The lowest BCUT2D eigenvalue weighted by atomic mass is 10.1. The molecular weight excluding hydrogens is 324 g/mol. The molecule has 21 heavy (non-hydrogen) atoms. The van der Waals surface area contributed by atoms with Crippen LogP contribution in [0.1, 0.15) is 30.4 Å². The molecule has 2 atom stereocenters. The standard InChI is InChI=1S/C14H20N2O2S3/c1-9-3-4-10(14(15)19)7-13(9)21(17,18)16-11-5-6-12(8-11)20-2/h3-4,7,11-12,16H,5-6,8H2,1-2H3,(H2,15,19). The third-order valence-electron chi connectivity index (χ3n) is 3.80. The largest absolute Gasteiger partial charge is 0.389 e. The van der Waals surface area contributed by atoms with Crippen molar-refractivity contribution in [2.75, 3.05) is 6.26 Å². The molecule has 0 aromatic heterocycles. The lowest BCUT2D eigenvalue weighted by Crippen LogP contribution is -2.33. The van der Waals surface area contributed by atoms with Crippen molar-refractivity contribution in [1.82, 2.24) is 4.72 Å². The van der Waals surface area contributed by atoms with Gasteiger partial charge in [-0.3, -0.25) is 0 Å². The summed E-state index contributed by atoms with van der Waals surface area (Å²) in [5, 5.41) is 0.543. The highest BCUT2D eigenvalue weighted by Gasteiger charge is 2.29. The Hall–Kier alpha value is -0.630. The van der Waals surface area contributed by atoms with E-state index < -0.39 is 10.0 Å². The van der Waals surface area contributed by atoms with Gasteiger partial charge in [-0.05, 0) is 44.1 Å². The predicted octanol–water partition coefficient (Wildman–Crippen LogP) is 2.19. The van der Waals surface area contributed by atoms with Crippen LogP contribution in [0.2, 0.25) is 0 Å². The molecule has 1 saturated carbocycles. The fourth-order valence-electron chi connectivity index (χ4n) is 2.59. The third kappa shape index (κ3) is 3.97. The van der Waals surface area contributed by atoms with Crippen molar-refractivity contribution in [2.24, 2.45) is 5.73 Å². The summed E-state index contributed by atoms with van der Waals surface area (Å²) >= 11 is 6.72. The van der Waals surface area contributed by atoms with Gasteiger partial charge >= 0.3 is 0 Å². The number of rotatable bonds is 5. The minimum atomic E-state index is -3.54. The maximum absolute atomic E-state index is 12.6. The molecule has 0 spiro atoms. The van der Waals surface area contributed by atoms with Crippen molar-refractivity contribution in [3.63, 3.8) is 0 Å². The van der Waals surface area contributed by atoms with Crippen LogP contribution in [0.15, 0.2) is 23.1 Å². The Bertz CT molecular complexity index is 644. The van der Waals surface area contributed by atoms with Crippen LogP contribution in [0.3, 0.4) is 0 Å². The van der Waals surface area contributed by atoms with Crippen LogP contribution in [0, 0.1) is 6.92 Å². The second-order valence-electron chi connectivity index (χ2n) is 5.33. The zero-order valence-electron chi connectivity index (χ0n) is 12.1. The van der Waals surface area contributed by atoms with Gasteiger partial charge in [0.1, 0.15) is 4.99 Å². The van der Waals surface area contributed by atoms with E-state index in [0.29, 0.717) is 16.4 Å². The number of thioether (sulfide) groups is 1. The molecule has 0 aliphatic heterocycles. The number of sulfonamides is 1. The lowest BCUT2D eigenvalue weighted by molar-refractivity contribution is 0.552. The number of benzene rings is 1. The normalized spacial score (nSPS) is 22.4. The highest BCUT2D eigenvalue weighted by atomic mass is 32.2. The molecule has 2 rings (SSSR count). The first-order chi connectivity index (χ1) is 9.83. The van der Waals surface area contributed by atoms with E-state index in [2.05, 4.69) is 11.0 Å². The van der Waals surface area contributed by atoms with E-state index in [1.165, 1.54) is 0 Å². The number of hydrogen-bond donors (Lipinski definition) is 2. The number of nitrogens with two attached hydrogens (primary N) is 1. The molecule has 0 radical (unpaired) electrons. The zero-order chi connectivity index (χ0) is 15.6. The molecule has 1 aromatic rings. The quantitative estimate of drug-likeness (QED) is 0.801. The fourth-order valence-corrected chi connectivity index (χ4v) is 5.06. The summed E-state index contributed by atoms with van der Waals surface area (Å²) < 4.78 is 28.0. The van der Waals surface area contributed by atoms with E-state index in [1.54, 1.807) is 36.9 Å². The molecule has 0 bridgehead atoms. The molecule has 1 aromatic carbocycles. The Morgan fingerprint density at radius 2 is 2.14 bits per heavy atom. The summed E-state index contributed by atoms with van der Waals surface area (Å²) in [5.41, 5.74) is 6.86. The smallest absolute Gasteiger partial charge is 0.241 e. The van der Waals surface area contributed by atoms with E-state index in [-0.39, 0.29) is 15.9 Å². The van der Waals surface area contributed by atoms with E-state index in [9.17, 15) is 8.42 Å². The van der Waals surface area contributed by atoms with Crippen molar-refractivity contribution in [3.8, 4) is 0 Å². The summed E-state index contributed by atoms with van der Waals surface area (Å²) in [6.07, 6.45) is 4.89. The van der Waals surface area contributed by atoms with Gasteiger partial charge in [-0.1, -0.05) is 24.4 Å². The van der Waals surface area contributed by atoms with Gasteiger partial charge in [0.05, 0.1) is 4.90 Å². The van der Waals surface area contributed by atoms with Crippen molar-refractivity contribution < 1.29 is 8.42 Å². The summed E-state index contributed by atoms with van der Waals surface area (Å²) in [6.45, 7) is 1.78. The van der Waals surface area contributed by atoms with Gasteiger partial charge < -0.3 is 5.73 Å². The average Bonchev–Trinajstić information content (AvgIpc) is 2.85. The molecule has 4 nitrogen and oxygen atoms in total. The Morgan fingerprint density at radius 3 is 2.71 bits per heavy atom. The summed E-state index contributed by atoms with van der Waals surface area (Å²) in [6, 6.07) is 5.06. The summed E-state index contributed by atoms with van der Waals surface area (Å²) in [4.78, 5) is 0.468. The topological polar surface area (TPSA) is 72.2 Å². The van der Waals surface area contributed by atoms with Crippen LogP contribution >= 0.6 is 24.0 Å². The highest BCUT2D eigenvalue weighted by Crippen LogP contribution is 2.29. The first-order valence-corrected chi connectivity index (χ1v) is 9.97. The number of nitrogens with one attached hydrogen (secondary N) is 1. The molecule has 0 amide bonds. The second-order valence-corrected chi connectivity index (χ2v) is 8.59. The fraction of sp³-hybridized carbons (Fsp3) is 0.500. The van der Waals surface area contributed by atoms with Crippen molar-refractivity contribution in [3.05, 3.63) is 29.3 Å². The van der Waals surface area contributed by atoms with Gasteiger partial charge in [-0.2, -0.15) is 11.8 Å². The molecule has 0 heterocycles. The maximum atomic E-state index is 12.6. The van der Waals surface area contributed by atoms with Crippen LogP contribution in [-0.2, 0) is 10.0 Å². The van der Waals surface area contributed by atoms with E-state index in [1.807, 2.05) is 0 Å². The first-order valence-electron chi connectivity index (χ1n) is 6.79. The van der Waals surface area contributed by atoms with Crippen LogP contribution in [0.25, 0.3) is 0 Å². The molecule has 116 valence electrons. The molecular formula is C14H20N2O2S3. The molecule has 2 unspecified atom stereocenters. The van der Waals surface area contributed by atoms with Gasteiger partial charge in [0, 0.05) is 16.9 Å². The molecule has 1 aliphatic carbocycles. The average molecular weight is 345 g/mol. The van der Waals surface area contributed by atoms with E-state index in [4.69, 9.17) is 18.0 Å². The van der Waals surface area contributed by atoms with E-state index >= 15 is 0 Å². The first kappa shape index (κ1) is 16.7. The van der Waals surface area contributed by atoms with Gasteiger partial charge in [0.2, 0.25) is 10.0 Å². The minimum absolute atomic E-state index is 0.0142. The van der Waals surface area contributed by atoms with E-state index in [0.717, 1.165) is 19.3 Å². The number of aryl methyl sites for hydroxylation is 1. The van der Waals surface area contributed by atoms with Crippen molar-refractivity contribution in [2.45, 2.75) is 42.4 Å². The molecule has 3 N–H and O–H groups in total. The third-order valence-corrected chi connectivity index (χ3v) is 6.79. The van der Waals surface area contributed by atoms with Crippen LogP contribution in [-0.4, -0.2) is 31.0 Å². The molecule has 0 saturated heterocycles. The van der Waals surface area contributed by atoms with Gasteiger partial charge in [-0.15, -0.1) is 0 Å². The Labute approximate surface area is 135 Å². The molecule has 7 heteroatoms. The highest BCUT2D eigenvalue weighted by molar-refractivity contribution is 7.99. The number of hydrogen-bond acceptors (Lipinski definition) is 4. The second kappa shape index (κ2) is 6.64. The maximum Gasteiger partial charge on any atom is 0.241 e. The van der Waals surface area contributed by atoms with Crippen molar-refractivity contribution in [1.29, 1.82) is 0 Å². The zero-order valence-corrected chi connectivity index (χ0v) is 14.6. The van der Waals surface area contributed by atoms with Crippen LogP contribution in [0.5, 0.6) is 0 Å². The van der Waals surface area contributed by atoms with Gasteiger partial charge in [-0.25, -0.2) is 13.1 Å². The Morgan fingerprint density at radius 1 is 1.43 bits per heavy atom. The van der Waals surface area contributed by atoms with Gasteiger partial charge in [0.15, 0.2) is 0 Å². The summed E-state index contributed by atoms with van der Waals surface area (Å²) in [5.74, 6) is 0. The molecule has 1 aliphatic rings. The monoisotopic (exact) mass is 344 g/mol. The summed E-state index contributed by atoms with van der Waals surface area (Å²) in [7, 11) is -3.54. The Kier molecular flexibility index (Phi) is 5.29. The SMILES string of the molecule is CSC1CCC(NS(=O)(=O)c2cc(C(N)=S)ccc2C)C1. The van der Waals surface area contributed by atoms with Crippen LogP contribution < -0.4 is 10.5 Å². The Balaban J connectivity index is 2.23. The molecule has 1 fully saturated rings. The van der Waals surface area contributed by atoms with Crippen molar-refractivity contribution >= 4 is 39.0 Å². The minimum Gasteiger partial charge on any atom is -0.389 e. The predicted molar refractivity (Wildman–Crippen MR) is 92.3 cm³/mol. The number of thiocarbonyl (C=S) groups is 1. The van der Waals surface area contributed by atoms with Crippen LogP contribution in [0.4, 0.5) is 0 Å².